The van der Waals surface area contributed by atoms with Crippen LogP contribution in [0.3, 0.4) is 0 Å². The number of hydrogen-bond donors (Lipinski definition) is 1. The molecule has 0 saturated heterocycles. The summed E-state index contributed by atoms with van der Waals surface area (Å²) in [6.07, 6.45) is 0. The second kappa shape index (κ2) is 7.31. The lowest BCUT2D eigenvalue weighted by Crippen LogP contribution is -2.12. The van der Waals surface area contributed by atoms with E-state index in [0.29, 0.717) is 5.56 Å². The van der Waals surface area contributed by atoms with Crippen molar-refractivity contribution in [3.63, 3.8) is 0 Å². The topological polar surface area (TPSA) is 80.7 Å². The Balaban J connectivity index is 2.12. The van der Waals surface area contributed by atoms with Crippen molar-refractivity contribution in [3.05, 3.63) is 70.4 Å². The number of aromatic carboxylic acids is 1. The third-order valence-electron chi connectivity index (χ3n) is 3.94. The number of carbonyl (C=O) groups is 1. The van der Waals surface area contributed by atoms with Crippen molar-refractivity contribution in [2.24, 2.45) is 0 Å². The van der Waals surface area contributed by atoms with Crippen LogP contribution in [0.4, 0.5) is 0 Å². The summed E-state index contributed by atoms with van der Waals surface area (Å²) in [4.78, 5) is 12.0. The van der Waals surface area contributed by atoms with E-state index < -0.39 is 21.6 Å². The average Bonchev–Trinajstić information content (AvgIpc) is 3.15. The third kappa shape index (κ3) is 3.49. The highest BCUT2D eigenvalue weighted by molar-refractivity contribution is 7.90. The first kappa shape index (κ1) is 18.2. The normalized spacial score (nSPS) is 11.3. The van der Waals surface area contributed by atoms with Gasteiger partial charge in [-0.15, -0.1) is 0 Å². The number of ether oxygens (including phenoxy) is 1. The Morgan fingerprint density at radius 2 is 1.85 bits per heavy atom. The maximum absolute atomic E-state index is 12.7. The zero-order valence-corrected chi connectivity index (χ0v) is 15.5. The summed E-state index contributed by atoms with van der Waals surface area (Å²) < 4.78 is 30.7. The van der Waals surface area contributed by atoms with E-state index in [1.807, 2.05) is 16.8 Å². The van der Waals surface area contributed by atoms with Gasteiger partial charge in [0.15, 0.2) is 9.84 Å². The molecule has 7 heteroatoms. The van der Waals surface area contributed by atoms with Gasteiger partial charge in [0.25, 0.3) is 0 Å². The van der Waals surface area contributed by atoms with E-state index in [0.717, 1.165) is 5.56 Å². The monoisotopic (exact) mass is 388 g/mol. The van der Waals surface area contributed by atoms with E-state index in [4.69, 9.17) is 4.74 Å². The van der Waals surface area contributed by atoms with E-state index in [2.05, 4.69) is 0 Å². The van der Waals surface area contributed by atoms with Crippen LogP contribution in [0.5, 0.6) is 5.75 Å². The van der Waals surface area contributed by atoms with Crippen molar-refractivity contribution < 1.29 is 23.1 Å². The summed E-state index contributed by atoms with van der Waals surface area (Å²) in [6.45, 7) is 0. The smallest absolute Gasteiger partial charge is 0.339 e. The number of thiophene rings is 1. The molecule has 0 bridgehead atoms. The minimum Gasteiger partial charge on any atom is -0.495 e. The summed E-state index contributed by atoms with van der Waals surface area (Å²) in [6, 6.07) is 13.1. The standard InChI is InChI=1S/C19H16O5S2/c1-24-18-16(13-9-10-25-11-13)8-7-14(17(18)19(20)21)12-26(22,23)15-5-3-2-4-6-15/h2-11H,12H2,1H3,(H,20,21). The first-order chi connectivity index (χ1) is 12.4. The number of benzene rings is 2. The van der Waals surface area contributed by atoms with Crippen LogP contribution in [-0.4, -0.2) is 26.6 Å². The lowest BCUT2D eigenvalue weighted by molar-refractivity contribution is 0.0692. The fourth-order valence-electron chi connectivity index (χ4n) is 2.75. The first-order valence-corrected chi connectivity index (χ1v) is 10.3. The Bertz CT molecular complexity index is 1020. The predicted octanol–water partition coefficient (Wildman–Crippen LogP) is 4.10. The molecular formula is C19H16O5S2. The molecule has 134 valence electrons. The van der Waals surface area contributed by atoms with Gasteiger partial charge in [-0.05, 0) is 40.1 Å². The van der Waals surface area contributed by atoms with Crippen molar-refractivity contribution in [1.82, 2.24) is 0 Å². The van der Waals surface area contributed by atoms with Gasteiger partial charge in [0.05, 0.1) is 17.8 Å². The maximum atomic E-state index is 12.7. The predicted molar refractivity (Wildman–Crippen MR) is 101 cm³/mol. The molecule has 0 aliphatic carbocycles. The molecule has 0 aliphatic heterocycles. The van der Waals surface area contributed by atoms with Gasteiger partial charge in [-0.25, -0.2) is 13.2 Å². The van der Waals surface area contributed by atoms with Gasteiger partial charge in [-0.3, -0.25) is 0 Å². The van der Waals surface area contributed by atoms with Crippen molar-refractivity contribution in [2.45, 2.75) is 10.6 Å². The Labute approximate surface area is 155 Å². The summed E-state index contributed by atoms with van der Waals surface area (Å²) in [7, 11) is -2.30. The number of methoxy groups -OCH3 is 1. The van der Waals surface area contributed by atoms with Gasteiger partial charge in [0.2, 0.25) is 0 Å². The Morgan fingerprint density at radius 1 is 1.12 bits per heavy atom. The summed E-state index contributed by atoms with van der Waals surface area (Å²) in [5, 5.41) is 13.5. The van der Waals surface area contributed by atoms with E-state index in [9.17, 15) is 18.3 Å². The number of sulfone groups is 1. The average molecular weight is 388 g/mol. The lowest BCUT2D eigenvalue weighted by atomic mass is 9.99. The fourth-order valence-corrected chi connectivity index (χ4v) is 4.80. The molecule has 0 unspecified atom stereocenters. The molecule has 0 spiro atoms. The van der Waals surface area contributed by atoms with Crippen LogP contribution in [0.25, 0.3) is 11.1 Å². The number of carboxylic acids is 1. The quantitative estimate of drug-likeness (QED) is 0.688. The van der Waals surface area contributed by atoms with Gasteiger partial charge in [-0.1, -0.05) is 30.3 Å². The second-order valence-corrected chi connectivity index (χ2v) is 8.34. The van der Waals surface area contributed by atoms with Crippen LogP contribution in [0.1, 0.15) is 15.9 Å². The van der Waals surface area contributed by atoms with E-state index in [-0.39, 0.29) is 21.8 Å². The van der Waals surface area contributed by atoms with Crippen molar-refractivity contribution >= 4 is 27.1 Å². The minimum atomic E-state index is -3.68. The Morgan fingerprint density at radius 3 is 2.42 bits per heavy atom. The highest BCUT2D eigenvalue weighted by Crippen LogP contribution is 2.37. The Kier molecular flexibility index (Phi) is 5.11. The molecule has 2 aromatic carbocycles. The summed E-state index contributed by atoms with van der Waals surface area (Å²) in [5.74, 6) is -1.48. The third-order valence-corrected chi connectivity index (χ3v) is 6.31. The number of carboxylic acid groups (broad SMARTS) is 1. The molecule has 1 N–H and O–H groups in total. The van der Waals surface area contributed by atoms with Crippen LogP contribution in [0, 0.1) is 0 Å². The van der Waals surface area contributed by atoms with Gasteiger partial charge in [-0.2, -0.15) is 11.3 Å². The van der Waals surface area contributed by atoms with Gasteiger partial charge >= 0.3 is 5.97 Å². The molecule has 1 aromatic heterocycles. The van der Waals surface area contributed by atoms with E-state index in [1.54, 1.807) is 30.3 Å². The molecule has 0 saturated carbocycles. The Hall–Kier alpha value is -2.64. The van der Waals surface area contributed by atoms with Crippen LogP contribution in [-0.2, 0) is 15.6 Å². The molecule has 26 heavy (non-hydrogen) atoms. The molecule has 3 aromatic rings. The molecular weight excluding hydrogens is 372 g/mol. The highest BCUT2D eigenvalue weighted by Gasteiger charge is 2.25. The van der Waals surface area contributed by atoms with Gasteiger partial charge in [0.1, 0.15) is 11.3 Å². The number of hydrogen-bond acceptors (Lipinski definition) is 5. The SMILES string of the molecule is COc1c(-c2ccsc2)ccc(CS(=O)(=O)c2ccccc2)c1C(=O)O. The van der Waals surface area contributed by atoms with Crippen LogP contribution < -0.4 is 4.74 Å². The van der Waals surface area contributed by atoms with Crippen molar-refractivity contribution in [2.75, 3.05) is 7.11 Å². The molecule has 0 fully saturated rings. The number of rotatable bonds is 6. The van der Waals surface area contributed by atoms with Crippen molar-refractivity contribution in [3.8, 4) is 16.9 Å². The second-order valence-electron chi connectivity index (χ2n) is 5.57. The summed E-state index contributed by atoms with van der Waals surface area (Å²) >= 11 is 1.48. The van der Waals surface area contributed by atoms with Gasteiger partial charge in [0, 0.05) is 5.56 Å². The zero-order chi connectivity index (χ0) is 18.7. The fraction of sp³-hybridized carbons (Fsp3) is 0.105. The molecule has 3 rings (SSSR count). The van der Waals surface area contributed by atoms with E-state index in [1.165, 1.54) is 30.6 Å². The van der Waals surface area contributed by atoms with E-state index >= 15 is 0 Å². The molecule has 5 nitrogen and oxygen atoms in total. The van der Waals surface area contributed by atoms with Gasteiger partial charge < -0.3 is 9.84 Å². The molecule has 0 aliphatic rings. The molecule has 0 amide bonds. The van der Waals surface area contributed by atoms with Crippen LogP contribution in [0.15, 0.2) is 64.2 Å². The van der Waals surface area contributed by atoms with Crippen molar-refractivity contribution in [1.29, 1.82) is 0 Å². The van der Waals surface area contributed by atoms with Crippen LogP contribution in [0.2, 0.25) is 0 Å². The molecule has 0 radical (unpaired) electrons. The maximum Gasteiger partial charge on any atom is 0.339 e. The summed E-state index contributed by atoms with van der Waals surface area (Å²) in [5.41, 5.74) is 1.51. The highest BCUT2D eigenvalue weighted by atomic mass is 32.2. The minimum absolute atomic E-state index is 0.129. The lowest BCUT2D eigenvalue weighted by Gasteiger charge is -2.15. The molecule has 0 atom stereocenters. The zero-order valence-electron chi connectivity index (χ0n) is 13.9. The van der Waals surface area contributed by atoms with Crippen LogP contribution >= 0.6 is 11.3 Å². The first-order valence-electron chi connectivity index (χ1n) is 7.67. The largest absolute Gasteiger partial charge is 0.495 e. The molecule has 1 heterocycles.